The van der Waals surface area contributed by atoms with Crippen LogP contribution in [0.2, 0.25) is 0 Å². The number of hydrogen-bond acceptors (Lipinski definition) is 4. The van der Waals surface area contributed by atoms with E-state index < -0.39 is 10.0 Å². The van der Waals surface area contributed by atoms with Gasteiger partial charge in [-0.15, -0.1) is 0 Å². The highest BCUT2D eigenvalue weighted by molar-refractivity contribution is 9.10. The molecule has 6 nitrogen and oxygen atoms in total. The highest BCUT2D eigenvalue weighted by Gasteiger charge is 2.31. The van der Waals surface area contributed by atoms with Crippen LogP contribution in [-0.4, -0.2) is 45.4 Å². The van der Waals surface area contributed by atoms with Gasteiger partial charge in [-0.05, 0) is 54.6 Å². The molecule has 2 aliphatic heterocycles. The molecule has 0 unspecified atom stereocenters. The summed E-state index contributed by atoms with van der Waals surface area (Å²) >= 11 is 3.41. The van der Waals surface area contributed by atoms with Gasteiger partial charge in [-0.25, -0.2) is 13.1 Å². The van der Waals surface area contributed by atoms with Crippen molar-refractivity contribution >= 4 is 37.5 Å². The number of carbonyl (C=O) groups excluding carboxylic acids is 1. The van der Waals surface area contributed by atoms with Crippen molar-refractivity contribution in [2.75, 3.05) is 31.1 Å². The van der Waals surface area contributed by atoms with Crippen LogP contribution in [0.3, 0.4) is 0 Å². The van der Waals surface area contributed by atoms with Gasteiger partial charge in [0.1, 0.15) is 4.90 Å². The molecule has 2 heterocycles. The molecule has 0 fully saturated rings. The SMILES string of the molecule is CC(=O)N1CCc2cc(Br)cc(S(=O)(=O)NCCCN3CCc4ccccc4C3)c21. The van der Waals surface area contributed by atoms with E-state index in [1.54, 1.807) is 11.0 Å². The van der Waals surface area contributed by atoms with Crippen molar-refractivity contribution in [2.45, 2.75) is 37.6 Å². The van der Waals surface area contributed by atoms with Crippen LogP contribution in [-0.2, 0) is 34.2 Å². The van der Waals surface area contributed by atoms with Gasteiger partial charge in [-0.2, -0.15) is 0 Å². The lowest BCUT2D eigenvalue weighted by atomic mass is 10.00. The zero-order valence-electron chi connectivity index (χ0n) is 17.0. The fourth-order valence-corrected chi connectivity index (χ4v) is 6.32. The first-order valence-corrected chi connectivity index (χ1v) is 12.5. The largest absolute Gasteiger partial charge is 0.311 e. The van der Waals surface area contributed by atoms with Crippen molar-refractivity contribution in [3.05, 3.63) is 57.6 Å². The number of hydrogen-bond donors (Lipinski definition) is 1. The third-order valence-electron chi connectivity index (χ3n) is 5.82. The Morgan fingerprint density at radius 3 is 2.60 bits per heavy atom. The molecule has 0 radical (unpaired) electrons. The Kier molecular flexibility index (Phi) is 6.29. The Morgan fingerprint density at radius 1 is 1.10 bits per heavy atom. The highest BCUT2D eigenvalue weighted by Crippen LogP contribution is 2.37. The topological polar surface area (TPSA) is 69.7 Å². The van der Waals surface area contributed by atoms with Gasteiger partial charge in [0.2, 0.25) is 15.9 Å². The van der Waals surface area contributed by atoms with E-state index in [1.807, 2.05) is 6.07 Å². The Hall–Kier alpha value is -1.74. The molecule has 160 valence electrons. The number of amides is 1. The van der Waals surface area contributed by atoms with Gasteiger partial charge in [0.25, 0.3) is 0 Å². The number of nitrogens with zero attached hydrogens (tertiary/aromatic N) is 2. The molecule has 30 heavy (non-hydrogen) atoms. The summed E-state index contributed by atoms with van der Waals surface area (Å²) in [5.74, 6) is -0.141. The molecule has 8 heteroatoms. The second kappa shape index (κ2) is 8.78. The number of benzene rings is 2. The van der Waals surface area contributed by atoms with Gasteiger partial charge >= 0.3 is 0 Å². The lowest BCUT2D eigenvalue weighted by Gasteiger charge is -2.28. The molecule has 2 aliphatic rings. The average molecular weight is 492 g/mol. The molecule has 0 saturated carbocycles. The van der Waals surface area contributed by atoms with Crippen LogP contribution in [0.4, 0.5) is 5.69 Å². The normalized spacial score (nSPS) is 16.4. The van der Waals surface area contributed by atoms with Gasteiger partial charge in [0.05, 0.1) is 5.69 Å². The quantitative estimate of drug-likeness (QED) is 0.630. The van der Waals surface area contributed by atoms with Gasteiger partial charge in [0, 0.05) is 37.6 Å². The summed E-state index contributed by atoms with van der Waals surface area (Å²) in [7, 11) is -3.72. The van der Waals surface area contributed by atoms with Crippen molar-refractivity contribution < 1.29 is 13.2 Å². The third kappa shape index (κ3) is 4.46. The maximum atomic E-state index is 13.0. The first-order chi connectivity index (χ1) is 14.3. The van der Waals surface area contributed by atoms with E-state index in [4.69, 9.17) is 0 Å². The minimum atomic E-state index is -3.72. The summed E-state index contributed by atoms with van der Waals surface area (Å²) < 4.78 is 29.5. The van der Waals surface area contributed by atoms with Crippen molar-refractivity contribution in [2.24, 2.45) is 0 Å². The lowest BCUT2D eigenvalue weighted by molar-refractivity contribution is -0.116. The first kappa shape index (κ1) is 21.5. The predicted molar refractivity (Wildman–Crippen MR) is 121 cm³/mol. The summed E-state index contributed by atoms with van der Waals surface area (Å²) in [5, 5.41) is 0. The van der Waals surface area contributed by atoms with Crippen LogP contribution < -0.4 is 9.62 Å². The molecule has 0 aromatic heterocycles. The second-order valence-electron chi connectivity index (χ2n) is 7.88. The fraction of sp³-hybridized carbons (Fsp3) is 0.409. The van der Waals surface area contributed by atoms with Crippen molar-refractivity contribution in [3.63, 3.8) is 0 Å². The molecule has 2 aromatic carbocycles. The number of rotatable bonds is 6. The van der Waals surface area contributed by atoms with E-state index >= 15 is 0 Å². The van der Waals surface area contributed by atoms with E-state index in [0.29, 0.717) is 29.7 Å². The Balaban J connectivity index is 1.40. The van der Waals surface area contributed by atoms with E-state index in [2.05, 4.69) is 49.8 Å². The third-order valence-corrected chi connectivity index (χ3v) is 7.75. The van der Waals surface area contributed by atoms with Crippen LogP contribution in [0, 0.1) is 0 Å². The van der Waals surface area contributed by atoms with E-state index in [-0.39, 0.29) is 10.8 Å². The van der Waals surface area contributed by atoms with E-state index in [9.17, 15) is 13.2 Å². The molecule has 1 N–H and O–H groups in total. The number of carbonyl (C=O) groups is 1. The monoisotopic (exact) mass is 491 g/mol. The number of anilines is 1. The summed E-state index contributed by atoms with van der Waals surface area (Å²) in [5.41, 5.74) is 4.17. The zero-order valence-corrected chi connectivity index (χ0v) is 19.4. The highest BCUT2D eigenvalue weighted by atomic mass is 79.9. The number of nitrogens with one attached hydrogen (secondary N) is 1. The van der Waals surface area contributed by atoms with E-state index in [0.717, 1.165) is 38.0 Å². The fourth-order valence-electron chi connectivity index (χ4n) is 4.32. The maximum absolute atomic E-state index is 13.0. The summed E-state index contributed by atoms with van der Waals surface area (Å²) in [6.45, 7) is 5.10. The molecule has 0 atom stereocenters. The van der Waals surface area contributed by atoms with Crippen molar-refractivity contribution in [3.8, 4) is 0 Å². The van der Waals surface area contributed by atoms with Crippen LogP contribution >= 0.6 is 15.9 Å². The van der Waals surface area contributed by atoms with Crippen LogP contribution in [0.1, 0.15) is 30.0 Å². The van der Waals surface area contributed by atoms with Crippen LogP contribution in [0.25, 0.3) is 0 Å². The maximum Gasteiger partial charge on any atom is 0.242 e. The predicted octanol–water partition coefficient (Wildman–Crippen LogP) is 3.08. The number of sulfonamides is 1. The molecular weight excluding hydrogens is 466 g/mol. The second-order valence-corrected chi connectivity index (χ2v) is 10.5. The zero-order chi connectivity index (χ0) is 21.3. The number of halogens is 1. The molecule has 4 rings (SSSR count). The van der Waals surface area contributed by atoms with Gasteiger partial charge < -0.3 is 4.90 Å². The minimum absolute atomic E-state index is 0.141. The van der Waals surface area contributed by atoms with Crippen molar-refractivity contribution in [1.82, 2.24) is 9.62 Å². The first-order valence-electron chi connectivity index (χ1n) is 10.2. The number of fused-ring (bicyclic) bond motifs is 2. The Morgan fingerprint density at radius 2 is 1.83 bits per heavy atom. The van der Waals surface area contributed by atoms with Crippen LogP contribution in [0.15, 0.2) is 45.8 Å². The van der Waals surface area contributed by atoms with Crippen LogP contribution in [0.5, 0.6) is 0 Å². The molecule has 0 spiro atoms. The molecule has 2 aromatic rings. The van der Waals surface area contributed by atoms with Gasteiger partial charge in [0.15, 0.2) is 0 Å². The van der Waals surface area contributed by atoms with Crippen molar-refractivity contribution in [1.29, 1.82) is 0 Å². The average Bonchev–Trinajstić information content (AvgIpc) is 3.14. The smallest absolute Gasteiger partial charge is 0.242 e. The van der Waals surface area contributed by atoms with E-state index in [1.165, 1.54) is 18.1 Å². The summed E-state index contributed by atoms with van der Waals surface area (Å²) in [4.78, 5) is 16.1. The standard InChI is InChI=1S/C22H26BrN3O3S/c1-16(27)26-12-8-18-13-20(23)14-21(22(18)26)30(28,29)24-9-4-10-25-11-7-17-5-2-3-6-19(17)15-25/h2-3,5-6,13-14,24H,4,7-12,15H2,1H3. The molecule has 1 amide bonds. The Labute approximate surface area is 186 Å². The summed E-state index contributed by atoms with van der Waals surface area (Å²) in [6.07, 6.45) is 2.42. The molecule has 0 saturated heterocycles. The Bertz CT molecular complexity index is 1070. The van der Waals surface area contributed by atoms with Gasteiger partial charge in [-0.1, -0.05) is 40.2 Å². The summed E-state index contributed by atoms with van der Waals surface area (Å²) in [6, 6.07) is 12.0. The molecule has 0 aliphatic carbocycles. The lowest BCUT2D eigenvalue weighted by Crippen LogP contribution is -2.34. The molecular formula is C22H26BrN3O3S. The van der Waals surface area contributed by atoms with Gasteiger partial charge in [-0.3, -0.25) is 9.69 Å². The minimum Gasteiger partial charge on any atom is -0.311 e. The molecule has 0 bridgehead atoms.